The number of sulfonamides is 1. The van der Waals surface area contributed by atoms with E-state index in [1.54, 1.807) is 0 Å². The molecule has 31 heavy (non-hydrogen) atoms. The van der Waals surface area contributed by atoms with Gasteiger partial charge in [0.05, 0.1) is 29.2 Å². The minimum Gasteiger partial charge on any atom is -0.486 e. The highest BCUT2D eigenvalue weighted by atomic mass is 32.2. The molecule has 1 saturated heterocycles. The van der Waals surface area contributed by atoms with Gasteiger partial charge in [0.15, 0.2) is 0 Å². The summed E-state index contributed by atoms with van der Waals surface area (Å²) in [5.74, 6) is -0.448. The standard InChI is InChI=1S/C19H16F4N2O5S/c20-14-2-4-15(5-3-14)30-17-9-25(10-18(17,27)11-26)31(28,29)16-6-1-13(19(21,22)23)7-12(16)8-24/h1-7,17,26-27H,9-11H2/t17-,18+/m0/s1. The van der Waals surface area contributed by atoms with E-state index in [-0.39, 0.29) is 5.75 Å². The molecule has 2 N–H and O–H groups in total. The Balaban J connectivity index is 1.93. The fourth-order valence-electron chi connectivity index (χ4n) is 3.14. The molecule has 0 saturated carbocycles. The summed E-state index contributed by atoms with van der Waals surface area (Å²) in [6.07, 6.45) is -6.04. The van der Waals surface area contributed by atoms with Crippen molar-refractivity contribution in [2.75, 3.05) is 19.7 Å². The van der Waals surface area contributed by atoms with Gasteiger partial charge >= 0.3 is 6.18 Å². The van der Waals surface area contributed by atoms with E-state index in [4.69, 9.17) is 4.74 Å². The molecule has 2 atom stereocenters. The van der Waals surface area contributed by atoms with Crippen LogP contribution in [-0.2, 0) is 16.2 Å². The van der Waals surface area contributed by atoms with E-state index in [1.165, 1.54) is 18.2 Å². The van der Waals surface area contributed by atoms with E-state index in [1.807, 2.05) is 0 Å². The Morgan fingerprint density at radius 2 is 1.87 bits per heavy atom. The SMILES string of the molecule is N#Cc1cc(C(F)(F)F)ccc1S(=O)(=O)N1C[C@H](Oc2ccc(F)cc2)[C@](O)(CO)C1. The maximum Gasteiger partial charge on any atom is 0.416 e. The molecule has 0 bridgehead atoms. The summed E-state index contributed by atoms with van der Waals surface area (Å²) >= 11 is 0. The lowest BCUT2D eigenvalue weighted by Gasteiger charge is -2.27. The lowest BCUT2D eigenvalue weighted by atomic mass is 10.0. The second-order valence-electron chi connectivity index (χ2n) is 6.94. The number of hydrogen-bond donors (Lipinski definition) is 2. The Labute approximate surface area is 174 Å². The summed E-state index contributed by atoms with van der Waals surface area (Å²) in [5.41, 5.74) is -3.95. The number of benzene rings is 2. The molecule has 1 aliphatic rings. The molecule has 1 heterocycles. The third kappa shape index (κ3) is 4.49. The quantitative estimate of drug-likeness (QED) is 0.660. The van der Waals surface area contributed by atoms with Crippen LogP contribution in [0.3, 0.4) is 0 Å². The second-order valence-corrected chi connectivity index (χ2v) is 8.85. The number of aliphatic hydroxyl groups is 2. The first-order valence-electron chi connectivity index (χ1n) is 8.78. The van der Waals surface area contributed by atoms with E-state index < -0.39 is 69.4 Å². The molecule has 0 aliphatic carbocycles. The van der Waals surface area contributed by atoms with Crippen LogP contribution in [0.15, 0.2) is 47.4 Å². The number of aliphatic hydroxyl groups excluding tert-OH is 1. The molecule has 0 spiro atoms. The molecule has 0 aromatic heterocycles. The highest BCUT2D eigenvalue weighted by Crippen LogP contribution is 2.34. The topological polar surface area (TPSA) is 111 Å². The van der Waals surface area contributed by atoms with Crippen molar-refractivity contribution in [2.45, 2.75) is 22.8 Å². The van der Waals surface area contributed by atoms with E-state index in [2.05, 4.69) is 0 Å². The Kier molecular flexibility index (Phi) is 5.98. The molecular weight excluding hydrogens is 444 g/mol. The normalized spacial score (nSPS) is 22.3. The van der Waals surface area contributed by atoms with Crippen LogP contribution < -0.4 is 4.74 Å². The van der Waals surface area contributed by atoms with E-state index in [0.29, 0.717) is 22.5 Å². The van der Waals surface area contributed by atoms with Gasteiger partial charge in [-0.2, -0.15) is 22.7 Å². The molecule has 7 nitrogen and oxygen atoms in total. The average molecular weight is 460 g/mol. The van der Waals surface area contributed by atoms with Crippen molar-refractivity contribution in [1.29, 1.82) is 5.26 Å². The van der Waals surface area contributed by atoms with Gasteiger partial charge in [-0.1, -0.05) is 0 Å². The van der Waals surface area contributed by atoms with Crippen LogP contribution in [0.25, 0.3) is 0 Å². The van der Waals surface area contributed by atoms with Crippen molar-refractivity contribution in [3.8, 4) is 11.8 Å². The van der Waals surface area contributed by atoms with Crippen molar-refractivity contribution < 1.29 is 40.9 Å². The van der Waals surface area contributed by atoms with E-state index in [0.717, 1.165) is 12.1 Å². The summed E-state index contributed by atoms with van der Waals surface area (Å²) in [5, 5.41) is 29.5. The molecule has 166 valence electrons. The fraction of sp³-hybridized carbons (Fsp3) is 0.316. The van der Waals surface area contributed by atoms with Crippen LogP contribution in [-0.4, -0.2) is 54.3 Å². The maximum atomic E-state index is 13.1. The van der Waals surface area contributed by atoms with Crippen LogP contribution in [0.4, 0.5) is 17.6 Å². The van der Waals surface area contributed by atoms with Gasteiger partial charge in [-0.25, -0.2) is 12.8 Å². The minimum absolute atomic E-state index is 0.102. The Morgan fingerprint density at radius 3 is 2.42 bits per heavy atom. The van der Waals surface area contributed by atoms with Gasteiger partial charge in [-0.05, 0) is 42.5 Å². The number of nitriles is 1. The summed E-state index contributed by atoms with van der Waals surface area (Å²) in [7, 11) is -4.52. The van der Waals surface area contributed by atoms with Crippen LogP contribution in [0.5, 0.6) is 5.75 Å². The number of β-amino-alcohol motifs (C(OH)–C–C–N with tert-alkyl or cyclic N) is 1. The second kappa shape index (κ2) is 8.08. The van der Waals surface area contributed by atoms with Crippen molar-refractivity contribution in [1.82, 2.24) is 4.31 Å². The van der Waals surface area contributed by atoms with Crippen LogP contribution in [0.2, 0.25) is 0 Å². The first kappa shape index (κ1) is 23.0. The summed E-state index contributed by atoms with van der Waals surface area (Å²) in [6, 6.07) is 7.73. The monoisotopic (exact) mass is 460 g/mol. The molecule has 0 amide bonds. The Hall–Kier alpha value is -2.72. The zero-order chi connectivity index (χ0) is 23.0. The van der Waals surface area contributed by atoms with Crippen molar-refractivity contribution in [3.05, 3.63) is 59.4 Å². The van der Waals surface area contributed by atoms with Gasteiger partial charge in [0, 0.05) is 6.54 Å². The third-order valence-electron chi connectivity index (χ3n) is 4.83. The van der Waals surface area contributed by atoms with Gasteiger partial charge < -0.3 is 14.9 Å². The minimum atomic E-state index is -4.77. The summed E-state index contributed by atoms with van der Waals surface area (Å²) in [4.78, 5) is -0.675. The molecule has 2 aromatic carbocycles. The lowest BCUT2D eigenvalue weighted by molar-refractivity contribution is -0.137. The number of ether oxygens (including phenoxy) is 1. The van der Waals surface area contributed by atoms with E-state index in [9.17, 15) is 41.5 Å². The molecule has 1 aliphatic heterocycles. The lowest BCUT2D eigenvalue weighted by Crippen LogP contribution is -2.48. The summed E-state index contributed by atoms with van der Waals surface area (Å²) in [6.45, 7) is -1.99. The van der Waals surface area contributed by atoms with Crippen molar-refractivity contribution >= 4 is 10.0 Å². The smallest absolute Gasteiger partial charge is 0.416 e. The predicted octanol–water partition coefficient (Wildman–Crippen LogP) is 1.89. The number of hydrogen-bond acceptors (Lipinski definition) is 6. The number of alkyl halides is 3. The maximum absolute atomic E-state index is 13.1. The Bertz CT molecular complexity index is 1120. The average Bonchev–Trinajstić information content (AvgIpc) is 3.06. The highest BCUT2D eigenvalue weighted by molar-refractivity contribution is 7.89. The highest BCUT2D eigenvalue weighted by Gasteiger charge is 2.51. The number of nitrogens with zero attached hydrogens (tertiary/aromatic N) is 2. The predicted molar refractivity (Wildman–Crippen MR) is 97.8 cm³/mol. The molecule has 2 aromatic rings. The molecular formula is C19H16F4N2O5S. The molecule has 1 fully saturated rings. The number of halogens is 4. The van der Waals surface area contributed by atoms with Gasteiger partial charge in [-0.3, -0.25) is 0 Å². The van der Waals surface area contributed by atoms with Gasteiger partial charge in [-0.15, -0.1) is 0 Å². The first-order valence-corrected chi connectivity index (χ1v) is 10.2. The largest absolute Gasteiger partial charge is 0.486 e. The third-order valence-corrected chi connectivity index (χ3v) is 6.70. The Morgan fingerprint density at radius 1 is 1.23 bits per heavy atom. The zero-order valence-corrected chi connectivity index (χ0v) is 16.5. The molecule has 12 heteroatoms. The van der Waals surface area contributed by atoms with Gasteiger partial charge in [0.25, 0.3) is 0 Å². The van der Waals surface area contributed by atoms with Crippen molar-refractivity contribution in [3.63, 3.8) is 0 Å². The fourth-order valence-corrected chi connectivity index (χ4v) is 4.77. The number of rotatable bonds is 5. The zero-order valence-electron chi connectivity index (χ0n) is 15.7. The van der Waals surface area contributed by atoms with E-state index >= 15 is 0 Å². The van der Waals surface area contributed by atoms with Crippen molar-refractivity contribution in [2.24, 2.45) is 0 Å². The van der Waals surface area contributed by atoms with Crippen LogP contribution in [0, 0.1) is 17.1 Å². The van der Waals surface area contributed by atoms with Crippen LogP contribution in [0.1, 0.15) is 11.1 Å². The van der Waals surface area contributed by atoms with Crippen LogP contribution >= 0.6 is 0 Å². The van der Waals surface area contributed by atoms with Gasteiger partial charge in [0.2, 0.25) is 10.0 Å². The molecule has 3 rings (SSSR count). The van der Waals surface area contributed by atoms with Gasteiger partial charge in [0.1, 0.15) is 29.3 Å². The summed E-state index contributed by atoms with van der Waals surface area (Å²) < 4.78 is 84.0. The molecule has 0 radical (unpaired) electrons. The molecule has 0 unspecified atom stereocenters. The first-order chi connectivity index (χ1) is 14.4.